The Morgan fingerprint density at radius 1 is 1.40 bits per heavy atom. The lowest BCUT2D eigenvalue weighted by atomic mass is 10.4. The fourth-order valence-corrected chi connectivity index (χ4v) is 3.88. The van der Waals surface area contributed by atoms with Crippen LogP contribution >= 0.6 is 11.3 Å². The van der Waals surface area contributed by atoms with Crippen LogP contribution < -0.4 is 11.3 Å². The third-order valence-electron chi connectivity index (χ3n) is 2.79. The lowest BCUT2D eigenvalue weighted by Crippen LogP contribution is -2.30. The van der Waals surface area contributed by atoms with Crippen LogP contribution in [-0.2, 0) is 16.6 Å². The van der Waals surface area contributed by atoms with Crippen molar-refractivity contribution in [2.24, 2.45) is 5.84 Å². The van der Waals surface area contributed by atoms with Crippen LogP contribution in [-0.4, -0.2) is 24.3 Å². The molecule has 2 heterocycles. The molecule has 108 valence electrons. The first-order valence-corrected chi connectivity index (χ1v) is 8.35. The summed E-state index contributed by atoms with van der Waals surface area (Å²) in [6.45, 7) is 2.58. The third-order valence-corrected chi connectivity index (χ3v) is 5.55. The van der Waals surface area contributed by atoms with Crippen molar-refractivity contribution >= 4 is 27.2 Å². The molecule has 20 heavy (non-hydrogen) atoms. The van der Waals surface area contributed by atoms with Crippen LogP contribution in [0.5, 0.6) is 0 Å². The van der Waals surface area contributed by atoms with E-state index in [9.17, 15) is 8.42 Å². The Morgan fingerprint density at radius 3 is 2.70 bits per heavy atom. The summed E-state index contributed by atoms with van der Waals surface area (Å²) in [6.07, 6.45) is 1.31. The maximum absolute atomic E-state index is 12.5. The minimum atomic E-state index is -3.54. The summed E-state index contributed by atoms with van der Waals surface area (Å²) in [4.78, 5) is 5.10. The Balaban J connectivity index is 2.26. The third kappa shape index (κ3) is 3.15. The van der Waals surface area contributed by atoms with E-state index >= 15 is 0 Å². The van der Waals surface area contributed by atoms with Crippen molar-refractivity contribution in [1.29, 1.82) is 0 Å². The van der Waals surface area contributed by atoms with Gasteiger partial charge in [-0.25, -0.2) is 19.2 Å². The maximum atomic E-state index is 12.5. The molecule has 8 heteroatoms. The molecule has 0 aromatic carbocycles. The van der Waals surface area contributed by atoms with E-state index in [0.717, 1.165) is 4.88 Å². The van der Waals surface area contributed by atoms with E-state index in [1.54, 1.807) is 0 Å². The molecule has 0 atom stereocenters. The van der Waals surface area contributed by atoms with E-state index in [4.69, 9.17) is 5.84 Å². The smallest absolute Gasteiger partial charge is 0.244 e. The van der Waals surface area contributed by atoms with Gasteiger partial charge in [-0.05, 0) is 23.6 Å². The number of nitrogens with zero attached hydrogens (tertiary/aromatic N) is 2. The molecule has 0 amide bonds. The number of nitrogen functional groups attached to an aromatic ring is 1. The van der Waals surface area contributed by atoms with Gasteiger partial charge in [0.25, 0.3) is 0 Å². The highest BCUT2D eigenvalue weighted by Crippen LogP contribution is 2.20. The molecule has 0 fully saturated rings. The second-order valence-corrected chi connectivity index (χ2v) is 7.00. The number of anilines is 1. The molecule has 0 saturated heterocycles. The first-order valence-electron chi connectivity index (χ1n) is 6.03. The average molecular weight is 312 g/mol. The fraction of sp³-hybridized carbons (Fsp3) is 0.250. The number of aromatic nitrogens is 1. The van der Waals surface area contributed by atoms with Crippen molar-refractivity contribution in [3.63, 3.8) is 0 Å². The van der Waals surface area contributed by atoms with Crippen LogP contribution in [0.3, 0.4) is 0 Å². The fourth-order valence-electron chi connectivity index (χ4n) is 1.71. The second-order valence-electron chi connectivity index (χ2n) is 4.03. The quantitative estimate of drug-likeness (QED) is 0.625. The molecule has 0 bridgehead atoms. The summed E-state index contributed by atoms with van der Waals surface area (Å²) in [7, 11) is -3.54. The molecule has 6 nitrogen and oxygen atoms in total. The van der Waals surface area contributed by atoms with Gasteiger partial charge >= 0.3 is 0 Å². The molecule has 2 aromatic heterocycles. The van der Waals surface area contributed by atoms with Gasteiger partial charge in [-0.15, -0.1) is 11.3 Å². The number of hydrazine groups is 1. The summed E-state index contributed by atoms with van der Waals surface area (Å²) in [6, 6.07) is 6.85. The molecule has 3 N–H and O–H groups in total. The van der Waals surface area contributed by atoms with Gasteiger partial charge < -0.3 is 5.43 Å². The number of nitrogens with two attached hydrogens (primary N) is 1. The number of thiophene rings is 1. The minimum absolute atomic E-state index is 0.162. The number of rotatable bonds is 6. The van der Waals surface area contributed by atoms with Gasteiger partial charge in [0.05, 0.1) is 0 Å². The van der Waals surface area contributed by atoms with Crippen molar-refractivity contribution in [3.8, 4) is 0 Å². The molecule has 0 saturated carbocycles. The minimum Gasteiger partial charge on any atom is -0.308 e. The van der Waals surface area contributed by atoms with Crippen molar-refractivity contribution in [2.45, 2.75) is 18.4 Å². The molecule has 0 aliphatic rings. The predicted octanol–water partition coefficient (Wildman–Crippen LogP) is 1.64. The van der Waals surface area contributed by atoms with Crippen LogP contribution in [0.1, 0.15) is 11.8 Å². The zero-order chi connectivity index (χ0) is 14.6. The summed E-state index contributed by atoms with van der Waals surface area (Å²) < 4.78 is 26.5. The van der Waals surface area contributed by atoms with Gasteiger partial charge in [0, 0.05) is 24.2 Å². The van der Waals surface area contributed by atoms with Crippen molar-refractivity contribution < 1.29 is 8.42 Å². The van der Waals surface area contributed by atoms with Crippen molar-refractivity contribution in [1.82, 2.24) is 9.29 Å². The molecule has 0 radical (unpaired) electrons. The highest BCUT2D eigenvalue weighted by atomic mass is 32.2. The lowest BCUT2D eigenvalue weighted by molar-refractivity contribution is 0.426. The van der Waals surface area contributed by atoms with Crippen LogP contribution in [0.4, 0.5) is 5.82 Å². The highest BCUT2D eigenvalue weighted by molar-refractivity contribution is 7.89. The van der Waals surface area contributed by atoms with E-state index in [0.29, 0.717) is 18.9 Å². The maximum Gasteiger partial charge on any atom is 0.244 e. The van der Waals surface area contributed by atoms with Crippen LogP contribution in [0, 0.1) is 0 Å². The number of hydrogen-bond acceptors (Lipinski definition) is 6. The number of sulfonamides is 1. The van der Waals surface area contributed by atoms with Gasteiger partial charge in [0.1, 0.15) is 10.7 Å². The van der Waals surface area contributed by atoms with Gasteiger partial charge in [0.15, 0.2) is 0 Å². The molecule has 0 unspecified atom stereocenters. The molecule has 2 rings (SSSR count). The van der Waals surface area contributed by atoms with Gasteiger partial charge in [-0.3, -0.25) is 0 Å². The number of pyridine rings is 1. The summed E-state index contributed by atoms with van der Waals surface area (Å²) in [5, 5.41) is 1.93. The molecular weight excluding hydrogens is 296 g/mol. The van der Waals surface area contributed by atoms with Gasteiger partial charge in [-0.1, -0.05) is 13.0 Å². The summed E-state index contributed by atoms with van der Waals surface area (Å²) in [5.41, 5.74) is 2.37. The van der Waals surface area contributed by atoms with E-state index < -0.39 is 10.0 Å². The van der Waals surface area contributed by atoms with Crippen LogP contribution in [0.2, 0.25) is 0 Å². The van der Waals surface area contributed by atoms with E-state index in [1.165, 1.54) is 34.0 Å². The molecular formula is C12H16N4O2S2. The molecule has 0 spiro atoms. The zero-order valence-corrected chi connectivity index (χ0v) is 12.6. The first kappa shape index (κ1) is 14.9. The Hall–Kier alpha value is -1.48. The lowest BCUT2D eigenvalue weighted by Gasteiger charge is -2.19. The largest absolute Gasteiger partial charge is 0.308 e. The predicted molar refractivity (Wildman–Crippen MR) is 79.6 cm³/mol. The summed E-state index contributed by atoms with van der Waals surface area (Å²) >= 11 is 1.54. The van der Waals surface area contributed by atoms with Crippen molar-refractivity contribution in [2.75, 3.05) is 12.0 Å². The van der Waals surface area contributed by atoms with E-state index in [1.807, 2.05) is 24.4 Å². The number of nitrogens with one attached hydrogen (secondary N) is 1. The SMILES string of the molecule is CCN(Cc1cccs1)S(=O)(=O)c1ccc(NN)nc1. The van der Waals surface area contributed by atoms with Crippen LogP contribution in [0.25, 0.3) is 0 Å². The summed E-state index contributed by atoms with van der Waals surface area (Å²) in [5.74, 6) is 5.64. The Kier molecular flexibility index (Phi) is 4.71. The second kappa shape index (κ2) is 6.31. The normalized spacial score (nSPS) is 11.8. The average Bonchev–Trinajstić information content (AvgIpc) is 2.97. The molecule has 0 aliphatic heterocycles. The number of hydrogen-bond donors (Lipinski definition) is 2. The first-order chi connectivity index (χ1) is 9.57. The monoisotopic (exact) mass is 312 g/mol. The Bertz CT molecular complexity index is 639. The molecule has 2 aromatic rings. The Morgan fingerprint density at radius 2 is 2.20 bits per heavy atom. The van der Waals surface area contributed by atoms with E-state index in [-0.39, 0.29) is 4.90 Å². The molecule has 0 aliphatic carbocycles. The van der Waals surface area contributed by atoms with Gasteiger partial charge in [0.2, 0.25) is 10.0 Å². The van der Waals surface area contributed by atoms with E-state index in [2.05, 4.69) is 10.4 Å². The highest BCUT2D eigenvalue weighted by Gasteiger charge is 2.23. The zero-order valence-electron chi connectivity index (χ0n) is 11.0. The van der Waals surface area contributed by atoms with Crippen LogP contribution in [0.15, 0.2) is 40.7 Å². The van der Waals surface area contributed by atoms with Crippen molar-refractivity contribution in [3.05, 3.63) is 40.7 Å². The topological polar surface area (TPSA) is 88.3 Å². The standard InChI is InChI=1S/C12H16N4O2S2/c1-2-16(9-10-4-3-7-19-10)20(17,18)11-5-6-12(15-13)14-8-11/h3-8H,2,9,13H2,1H3,(H,14,15). The van der Waals surface area contributed by atoms with Gasteiger partial charge in [-0.2, -0.15) is 4.31 Å². The Labute approximate surface area is 122 Å².